The number of benzene rings is 2. The molecule has 1 amide bonds. The molecule has 0 spiro atoms. The number of rotatable bonds is 7. The normalized spacial score (nSPS) is 16.4. The Morgan fingerprint density at radius 3 is 2.54 bits per heavy atom. The van der Waals surface area contributed by atoms with Crippen molar-refractivity contribution >= 4 is 11.9 Å². The molecular formula is C21H23NO4. The number of aromatic carboxylic acids is 1. The zero-order chi connectivity index (χ0) is 18.4. The van der Waals surface area contributed by atoms with Gasteiger partial charge in [0, 0.05) is 13.2 Å². The van der Waals surface area contributed by atoms with E-state index in [-0.39, 0.29) is 23.9 Å². The molecule has 0 aliphatic carbocycles. The van der Waals surface area contributed by atoms with Crippen molar-refractivity contribution in [2.75, 3.05) is 19.8 Å². The van der Waals surface area contributed by atoms with E-state index in [0.29, 0.717) is 19.8 Å². The predicted molar refractivity (Wildman–Crippen MR) is 98.2 cm³/mol. The molecule has 1 heterocycles. The Labute approximate surface area is 153 Å². The Hall–Kier alpha value is -2.66. The third-order valence-corrected chi connectivity index (χ3v) is 4.68. The number of hydrogen-bond donors (Lipinski definition) is 1. The number of carbonyl (C=O) groups excluding carboxylic acids is 1. The first-order valence-electron chi connectivity index (χ1n) is 8.87. The molecule has 1 fully saturated rings. The molecule has 0 radical (unpaired) electrons. The minimum absolute atomic E-state index is 0.0129. The molecule has 5 heteroatoms. The maximum absolute atomic E-state index is 12.9. The lowest BCUT2D eigenvalue weighted by molar-refractivity contribution is -0.132. The van der Waals surface area contributed by atoms with E-state index in [2.05, 4.69) is 12.1 Å². The van der Waals surface area contributed by atoms with Crippen molar-refractivity contribution < 1.29 is 19.4 Å². The van der Waals surface area contributed by atoms with Crippen molar-refractivity contribution in [1.82, 2.24) is 4.90 Å². The van der Waals surface area contributed by atoms with Crippen LogP contribution in [0.25, 0.3) is 0 Å². The molecule has 0 saturated carbocycles. The van der Waals surface area contributed by atoms with Gasteiger partial charge in [-0.1, -0.05) is 42.5 Å². The fourth-order valence-electron chi connectivity index (χ4n) is 3.26. The van der Waals surface area contributed by atoms with Crippen LogP contribution >= 0.6 is 0 Å². The second-order valence-electron chi connectivity index (χ2n) is 6.52. The zero-order valence-corrected chi connectivity index (χ0v) is 14.6. The van der Waals surface area contributed by atoms with Gasteiger partial charge in [-0.25, -0.2) is 4.79 Å². The summed E-state index contributed by atoms with van der Waals surface area (Å²) in [6, 6.07) is 16.8. The lowest BCUT2D eigenvalue weighted by Crippen LogP contribution is -2.42. The third kappa shape index (κ3) is 4.70. The molecule has 1 aliphatic rings. The summed E-state index contributed by atoms with van der Waals surface area (Å²) in [7, 11) is 0. The molecule has 1 atom stereocenters. The third-order valence-electron chi connectivity index (χ3n) is 4.68. The number of amides is 1. The molecule has 1 aliphatic heterocycles. The smallest absolute Gasteiger partial charge is 0.335 e. The van der Waals surface area contributed by atoms with Crippen molar-refractivity contribution in [1.29, 1.82) is 0 Å². The SMILES string of the molecule is O=C(O)c1cccc(CC(=O)N(CCc2ccccc2)C2CCOC2)c1. The Balaban J connectivity index is 1.70. The van der Waals surface area contributed by atoms with Crippen LogP contribution in [0.5, 0.6) is 0 Å². The summed E-state index contributed by atoms with van der Waals surface area (Å²) in [6.07, 6.45) is 1.83. The van der Waals surface area contributed by atoms with Gasteiger partial charge in [-0.05, 0) is 36.1 Å². The van der Waals surface area contributed by atoms with Crippen LogP contribution < -0.4 is 0 Å². The molecular weight excluding hydrogens is 330 g/mol. The summed E-state index contributed by atoms with van der Waals surface area (Å²) in [5.41, 5.74) is 2.12. The van der Waals surface area contributed by atoms with Crippen LogP contribution in [0.2, 0.25) is 0 Å². The van der Waals surface area contributed by atoms with Crippen molar-refractivity contribution in [2.45, 2.75) is 25.3 Å². The van der Waals surface area contributed by atoms with E-state index >= 15 is 0 Å². The summed E-state index contributed by atoms with van der Waals surface area (Å²) in [5, 5.41) is 9.12. The average molecular weight is 353 g/mol. The van der Waals surface area contributed by atoms with Crippen molar-refractivity contribution in [3.63, 3.8) is 0 Å². The van der Waals surface area contributed by atoms with Crippen molar-refractivity contribution in [2.24, 2.45) is 0 Å². The Bertz CT molecular complexity index is 754. The Morgan fingerprint density at radius 2 is 1.85 bits per heavy atom. The van der Waals surface area contributed by atoms with E-state index in [9.17, 15) is 9.59 Å². The van der Waals surface area contributed by atoms with Gasteiger partial charge < -0.3 is 14.7 Å². The van der Waals surface area contributed by atoms with Gasteiger partial charge in [-0.2, -0.15) is 0 Å². The molecule has 1 unspecified atom stereocenters. The number of carboxylic acid groups (broad SMARTS) is 1. The van der Waals surface area contributed by atoms with Gasteiger partial charge in [0.25, 0.3) is 0 Å². The van der Waals surface area contributed by atoms with Gasteiger partial charge in [0.1, 0.15) is 0 Å². The highest BCUT2D eigenvalue weighted by Gasteiger charge is 2.27. The summed E-state index contributed by atoms with van der Waals surface area (Å²) < 4.78 is 5.47. The summed E-state index contributed by atoms with van der Waals surface area (Å²) in [6.45, 7) is 1.87. The number of carboxylic acids is 1. The van der Waals surface area contributed by atoms with Crippen LogP contribution in [0.4, 0.5) is 0 Å². The monoisotopic (exact) mass is 353 g/mol. The number of hydrogen-bond acceptors (Lipinski definition) is 3. The maximum Gasteiger partial charge on any atom is 0.335 e. The predicted octanol–water partition coefficient (Wildman–Crippen LogP) is 2.79. The number of nitrogens with zero attached hydrogens (tertiary/aromatic N) is 1. The average Bonchev–Trinajstić information content (AvgIpc) is 3.17. The van der Waals surface area contributed by atoms with E-state index in [1.807, 2.05) is 23.1 Å². The molecule has 0 aromatic heterocycles. The van der Waals surface area contributed by atoms with E-state index in [0.717, 1.165) is 18.4 Å². The van der Waals surface area contributed by atoms with Crippen LogP contribution in [0.15, 0.2) is 54.6 Å². The van der Waals surface area contributed by atoms with Crippen LogP contribution in [0.1, 0.15) is 27.9 Å². The van der Waals surface area contributed by atoms with Gasteiger partial charge in [-0.3, -0.25) is 4.79 Å². The van der Waals surface area contributed by atoms with Gasteiger partial charge >= 0.3 is 5.97 Å². The van der Waals surface area contributed by atoms with Crippen LogP contribution in [-0.4, -0.2) is 47.7 Å². The van der Waals surface area contributed by atoms with Gasteiger partial charge in [0.2, 0.25) is 5.91 Å². The molecule has 3 rings (SSSR count). The van der Waals surface area contributed by atoms with Crippen LogP contribution in [0.3, 0.4) is 0 Å². The highest BCUT2D eigenvalue weighted by molar-refractivity contribution is 5.88. The molecule has 26 heavy (non-hydrogen) atoms. The molecule has 136 valence electrons. The number of carbonyl (C=O) groups is 2. The highest BCUT2D eigenvalue weighted by atomic mass is 16.5. The molecule has 1 N–H and O–H groups in total. The molecule has 2 aromatic rings. The van der Waals surface area contributed by atoms with E-state index in [1.54, 1.807) is 18.2 Å². The molecule has 2 aromatic carbocycles. The fraction of sp³-hybridized carbons (Fsp3) is 0.333. The Morgan fingerprint density at radius 1 is 1.08 bits per heavy atom. The van der Waals surface area contributed by atoms with E-state index in [1.165, 1.54) is 11.6 Å². The Kier molecular flexibility index (Phi) is 6.02. The first-order chi connectivity index (χ1) is 12.6. The lowest BCUT2D eigenvalue weighted by Gasteiger charge is -2.28. The largest absolute Gasteiger partial charge is 0.478 e. The summed E-state index contributed by atoms with van der Waals surface area (Å²) in [5.74, 6) is -0.969. The second-order valence-corrected chi connectivity index (χ2v) is 6.52. The highest BCUT2D eigenvalue weighted by Crippen LogP contribution is 2.16. The minimum atomic E-state index is -0.982. The standard InChI is InChI=1S/C21H23NO4/c23-20(14-17-7-4-8-18(13-17)21(24)25)22(19-10-12-26-15-19)11-9-16-5-2-1-3-6-16/h1-8,13,19H,9-12,14-15H2,(H,24,25). The maximum atomic E-state index is 12.9. The van der Waals surface area contributed by atoms with Gasteiger partial charge in [0.15, 0.2) is 0 Å². The second kappa shape index (κ2) is 8.63. The van der Waals surface area contributed by atoms with E-state index in [4.69, 9.17) is 9.84 Å². The summed E-state index contributed by atoms with van der Waals surface area (Å²) in [4.78, 5) is 26.0. The number of ether oxygens (including phenoxy) is 1. The van der Waals surface area contributed by atoms with Crippen LogP contribution in [-0.2, 0) is 22.4 Å². The van der Waals surface area contributed by atoms with Crippen molar-refractivity contribution in [3.8, 4) is 0 Å². The topological polar surface area (TPSA) is 66.8 Å². The lowest BCUT2D eigenvalue weighted by atomic mass is 10.1. The first-order valence-corrected chi connectivity index (χ1v) is 8.87. The fourth-order valence-corrected chi connectivity index (χ4v) is 3.26. The molecule has 5 nitrogen and oxygen atoms in total. The first kappa shape index (κ1) is 18.1. The van der Waals surface area contributed by atoms with Gasteiger partial charge in [0.05, 0.1) is 24.6 Å². The van der Waals surface area contributed by atoms with Gasteiger partial charge in [-0.15, -0.1) is 0 Å². The zero-order valence-electron chi connectivity index (χ0n) is 14.6. The van der Waals surface area contributed by atoms with E-state index < -0.39 is 5.97 Å². The van der Waals surface area contributed by atoms with Crippen molar-refractivity contribution in [3.05, 3.63) is 71.3 Å². The van der Waals surface area contributed by atoms with Crippen LogP contribution in [0, 0.1) is 0 Å². The quantitative estimate of drug-likeness (QED) is 0.831. The summed E-state index contributed by atoms with van der Waals surface area (Å²) >= 11 is 0. The minimum Gasteiger partial charge on any atom is -0.478 e. The molecule has 0 bridgehead atoms. The molecule has 1 saturated heterocycles.